The second kappa shape index (κ2) is 3.63. The van der Waals surface area contributed by atoms with Crippen LogP contribution in [0.3, 0.4) is 0 Å². The minimum absolute atomic E-state index is 0.442. The van der Waals surface area contributed by atoms with Gasteiger partial charge in [-0.1, -0.05) is 34.6 Å². The molecule has 0 aromatic carbocycles. The van der Waals surface area contributed by atoms with Gasteiger partial charge in [0.2, 0.25) is 0 Å². The first-order valence-electron chi connectivity index (χ1n) is 3.96. The predicted octanol–water partition coefficient (Wildman–Crippen LogP) is 3.10. The van der Waals surface area contributed by atoms with E-state index in [2.05, 4.69) is 34.6 Å². The van der Waals surface area contributed by atoms with Gasteiger partial charge in [-0.15, -0.1) is 10.3 Å². The SMILES string of the molecule is CCS(O)(C(C)C)C(C)C. The Labute approximate surface area is 66.4 Å². The number of hydrogen-bond acceptors (Lipinski definition) is 1. The van der Waals surface area contributed by atoms with Gasteiger partial charge in [-0.25, -0.2) is 0 Å². The molecule has 0 radical (unpaired) electrons. The van der Waals surface area contributed by atoms with Crippen molar-refractivity contribution >= 4 is 10.3 Å². The van der Waals surface area contributed by atoms with Crippen molar-refractivity contribution in [2.75, 3.05) is 5.75 Å². The van der Waals surface area contributed by atoms with E-state index in [-0.39, 0.29) is 0 Å². The Morgan fingerprint density at radius 3 is 1.40 bits per heavy atom. The van der Waals surface area contributed by atoms with Gasteiger partial charge in [0.25, 0.3) is 0 Å². The van der Waals surface area contributed by atoms with E-state index in [1.807, 2.05) is 0 Å². The second-order valence-electron chi connectivity index (χ2n) is 3.20. The van der Waals surface area contributed by atoms with Crippen LogP contribution >= 0.6 is 10.3 Å². The molecule has 0 aliphatic carbocycles. The summed E-state index contributed by atoms with van der Waals surface area (Å²) in [5.41, 5.74) is 0. The van der Waals surface area contributed by atoms with Gasteiger partial charge in [0.15, 0.2) is 0 Å². The molecule has 10 heavy (non-hydrogen) atoms. The molecule has 0 aliphatic rings. The highest BCUT2D eigenvalue weighted by Crippen LogP contribution is 2.51. The van der Waals surface area contributed by atoms with E-state index >= 15 is 0 Å². The molecule has 0 spiro atoms. The van der Waals surface area contributed by atoms with Crippen LogP contribution in [0, 0.1) is 0 Å². The summed E-state index contributed by atoms with van der Waals surface area (Å²) < 4.78 is 10.1. The lowest BCUT2D eigenvalue weighted by molar-refractivity contribution is 0.603. The molecule has 0 aromatic rings. The molecular formula is C8H20OS. The fourth-order valence-electron chi connectivity index (χ4n) is 1.21. The molecule has 0 bridgehead atoms. The molecule has 0 aliphatic heterocycles. The van der Waals surface area contributed by atoms with E-state index in [1.165, 1.54) is 0 Å². The zero-order valence-electron chi connectivity index (χ0n) is 7.72. The van der Waals surface area contributed by atoms with Crippen molar-refractivity contribution in [2.45, 2.75) is 45.1 Å². The maximum atomic E-state index is 10.1. The molecule has 64 valence electrons. The summed E-state index contributed by atoms with van der Waals surface area (Å²) in [7, 11) is -1.31. The minimum atomic E-state index is -1.31. The highest BCUT2D eigenvalue weighted by molar-refractivity contribution is 8.30. The van der Waals surface area contributed by atoms with Crippen LogP contribution in [0.15, 0.2) is 0 Å². The molecule has 1 N–H and O–H groups in total. The Hall–Kier alpha value is 0.310. The van der Waals surface area contributed by atoms with Crippen molar-refractivity contribution < 1.29 is 4.55 Å². The van der Waals surface area contributed by atoms with Crippen LogP contribution in [0.2, 0.25) is 0 Å². The number of hydrogen-bond donors (Lipinski definition) is 1. The fraction of sp³-hybridized carbons (Fsp3) is 1.00. The molecule has 0 atom stereocenters. The maximum absolute atomic E-state index is 10.1. The van der Waals surface area contributed by atoms with Gasteiger partial charge >= 0.3 is 0 Å². The third-order valence-corrected chi connectivity index (χ3v) is 6.29. The third kappa shape index (κ3) is 1.89. The molecule has 0 saturated heterocycles. The van der Waals surface area contributed by atoms with Crippen molar-refractivity contribution in [1.82, 2.24) is 0 Å². The van der Waals surface area contributed by atoms with Gasteiger partial charge in [-0.05, 0) is 5.75 Å². The van der Waals surface area contributed by atoms with Crippen LogP contribution in [0.1, 0.15) is 34.6 Å². The molecule has 0 heterocycles. The second-order valence-corrected chi connectivity index (χ2v) is 7.28. The molecule has 1 nitrogen and oxygen atoms in total. The van der Waals surface area contributed by atoms with Crippen LogP contribution in [0.25, 0.3) is 0 Å². The van der Waals surface area contributed by atoms with Crippen LogP contribution in [0.4, 0.5) is 0 Å². The topological polar surface area (TPSA) is 20.2 Å². The highest BCUT2D eigenvalue weighted by Gasteiger charge is 2.26. The van der Waals surface area contributed by atoms with Gasteiger partial charge in [0, 0.05) is 10.5 Å². The van der Waals surface area contributed by atoms with E-state index in [0.29, 0.717) is 10.5 Å². The zero-order valence-corrected chi connectivity index (χ0v) is 8.53. The lowest BCUT2D eigenvalue weighted by Crippen LogP contribution is -2.22. The summed E-state index contributed by atoms with van der Waals surface area (Å²) in [6.45, 7) is 10.5. The summed E-state index contributed by atoms with van der Waals surface area (Å²) in [5, 5.41) is 0.884. The number of rotatable bonds is 3. The van der Waals surface area contributed by atoms with E-state index in [4.69, 9.17) is 0 Å². The van der Waals surface area contributed by atoms with E-state index < -0.39 is 10.3 Å². The molecule has 0 aromatic heterocycles. The zero-order chi connectivity index (χ0) is 8.36. The van der Waals surface area contributed by atoms with Crippen molar-refractivity contribution in [3.8, 4) is 0 Å². The van der Waals surface area contributed by atoms with E-state index in [1.54, 1.807) is 0 Å². The molecule has 0 rings (SSSR count). The predicted molar refractivity (Wildman–Crippen MR) is 51.0 cm³/mol. The van der Waals surface area contributed by atoms with E-state index in [9.17, 15) is 4.55 Å². The smallest absolute Gasteiger partial charge is 0.00474 e. The third-order valence-electron chi connectivity index (χ3n) is 2.10. The molecule has 0 unspecified atom stereocenters. The van der Waals surface area contributed by atoms with Crippen LogP contribution in [-0.4, -0.2) is 20.8 Å². The molecule has 0 amide bonds. The summed E-state index contributed by atoms with van der Waals surface area (Å²) >= 11 is 0. The van der Waals surface area contributed by atoms with Crippen LogP contribution in [-0.2, 0) is 0 Å². The lowest BCUT2D eigenvalue weighted by Gasteiger charge is -2.41. The Balaban J connectivity index is 4.23. The van der Waals surface area contributed by atoms with Gasteiger partial charge < -0.3 is 4.55 Å². The monoisotopic (exact) mass is 164 g/mol. The average molecular weight is 164 g/mol. The summed E-state index contributed by atoms with van der Waals surface area (Å²) in [5.74, 6) is 0.933. The van der Waals surface area contributed by atoms with Gasteiger partial charge in [0.05, 0.1) is 0 Å². The van der Waals surface area contributed by atoms with Crippen molar-refractivity contribution in [1.29, 1.82) is 0 Å². The Morgan fingerprint density at radius 1 is 1.10 bits per heavy atom. The maximum Gasteiger partial charge on any atom is 0.00474 e. The average Bonchev–Trinajstić information content (AvgIpc) is 1.85. The van der Waals surface area contributed by atoms with Crippen molar-refractivity contribution in [3.63, 3.8) is 0 Å². The fourth-order valence-corrected chi connectivity index (χ4v) is 3.63. The minimum Gasteiger partial charge on any atom is -0.351 e. The summed E-state index contributed by atoms with van der Waals surface area (Å²) in [6.07, 6.45) is 0. The first-order chi connectivity index (χ1) is 4.45. The highest BCUT2D eigenvalue weighted by atomic mass is 32.3. The Kier molecular flexibility index (Phi) is 3.74. The first-order valence-corrected chi connectivity index (χ1v) is 5.84. The van der Waals surface area contributed by atoms with E-state index in [0.717, 1.165) is 5.75 Å². The Morgan fingerprint density at radius 2 is 1.40 bits per heavy atom. The summed E-state index contributed by atoms with van der Waals surface area (Å²) in [6, 6.07) is 0. The van der Waals surface area contributed by atoms with Gasteiger partial charge in [-0.2, -0.15) is 0 Å². The van der Waals surface area contributed by atoms with Crippen LogP contribution in [0.5, 0.6) is 0 Å². The lowest BCUT2D eigenvalue weighted by atomic mass is 10.5. The van der Waals surface area contributed by atoms with Crippen molar-refractivity contribution in [3.05, 3.63) is 0 Å². The molecule has 0 saturated carbocycles. The van der Waals surface area contributed by atoms with Crippen molar-refractivity contribution in [2.24, 2.45) is 0 Å². The quantitative estimate of drug-likeness (QED) is 0.679. The molecule has 2 heteroatoms. The van der Waals surface area contributed by atoms with Gasteiger partial charge in [0.1, 0.15) is 0 Å². The normalized spacial score (nSPS) is 14.8. The largest absolute Gasteiger partial charge is 0.351 e. The summed E-state index contributed by atoms with van der Waals surface area (Å²) in [4.78, 5) is 0. The Bertz CT molecular complexity index is 91.4. The van der Waals surface area contributed by atoms with Gasteiger partial charge in [-0.3, -0.25) is 0 Å². The van der Waals surface area contributed by atoms with Crippen LogP contribution < -0.4 is 0 Å². The standard InChI is InChI=1S/C8H20OS/c1-6-10(9,7(2)3)8(4)5/h7-9H,6H2,1-5H3. The molecule has 0 fully saturated rings. The molecular weight excluding hydrogens is 144 g/mol. The first kappa shape index (κ1) is 10.3.